The Kier molecular flexibility index (Phi) is 8.59. The van der Waals surface area contributed by atoms with Crippen LogP contribution in [0.1, 0.15) is 38.8 Å². The fourth-order valence-electron chi connectivity index (χ4n) is 1.73. The molecule has 0 aliphatic heterocycles. The molecular weight excluding hydrogens is 312 g/mol. The third-order valence-electron chi connectivity index (χ3n) is 3.21. The van der Waals surface area contributed by atoms with Gasteiger partial charge in [-0.25, -0.2) is 4.98 Å². The third-order valence-corrected chi connectivity index (χ3v) is 3.39. The van der Waals surface area contributed by atoms with Crippen LogP contribution in [0, 0.1) is 6.92 Å². The Morgan fingerprint density at radius 3 is 2.39 bits per heavy atom. The van der Waals surface area contributed by atoms with Crippen molar-refractivity contribution in [2.75, 3.05) is 0 Å². The molecule has 0 spiro atoms. The number of ether oxygens (including phenoxy) is 2. The van der Waals surface area contributed by atoms with E-state index in [1.807, 2.05) is 65.0 Å². The van der Waals surface area contributed by atoms with Gasteiger partial charge in [-0.15, -0.1) is 0 Å². The van der Waals surface area contributed by atoms with E-state index in [1.165, 1.54) is 0 Å². The molecule has 0 aliphatic rings. The van der Waals surface area contributed by atoms with Gasteiger partial charge in [-0.3, -0.25) is 0 Å². The zero-order valence-electron chi connectivity index (χ0n) is 14.4. The SMILES string of the molecule is CC.Cc1cnc(Cl)nc1O[C@H](C)[C@@H](C)OCc1ccccc1. The zero-order chi connectivity index (χ0) is 17.2. The predicted molar refractivity (Wildman–Crippen MR) is 93.9 cm³/mol. The highest BCUT2D eigenvalue weighted by Gasteiger charge is 2.16. The Bertz CT molecular complexity index is 578. The Balaban J connectivity index is 0.00000127. The van der Waals surface area contributed by atoms with Crippen molar-refractivity contribution in [2.45, 2.75) is 53.4 Å². The fourth-order valence-corrected chi connectivity index (χ4v) is 1.86. The van der Waals surface area contributed by atoms with E-state index >= 15 is 0 Å². The van der Waals surface area contributed by atoms with Crippen LogP contribution in [0.4, 0.5) is 0 Å². The number of aryl methyl sites for hydroxylation is 1. The van der Waals surface area contributed by atoms with E-state index in [9.17, 15) is 0 Å². The number of nitrogens with zero attached hydrogens (tertiary/aromatic N) is 2. The molecule has 1 heterocycles. The lowest BCUT2D eigenvalue weighted by Crippen LogP contribution is -2.29. The zero-order valence-corrected chi connectivity index (χ0v) is 15.2. The molecule has 1 aromatic carbocycles. The number of halogens is 1. The van der Waals surface area contributed by atoms with E-state index in [1.54, 1.807) is 6.20 Å². The Morgan fingerprint density at radius 2 is 1.74 bits per heavy atom. The van der Waals surface area contributed by atoms with Crippen LogP contribution in [-0.4, -0.2) is 22.2 Å². The maximum atomic E-state index is 5.83. The van der Waals surface area contributed by atoms with E-state index in [2.05, 4.69) is 9.97 Å². The van der Waals surface area contributed by atoms with Gasteiger partial charge in [-0.2, -0.15) is 4.98 Å². The van der Waals surface area contributed by atoms with Gasteiger partial charge in [0.05, 0.1) is 12.7 Å². The average Bonchev–Trinajstić information content (AvgIpc) is 2.58. The van der Waals surface area contributed by atoms with Crippen LogP contribution in [0.15, 0.2) is 36.5 Å². The van der Waals surface area contributed by atoms with Crippen LogP contribution in [0.25, 0.3) is 0 Å². The van der Waals surface area contributed by atoms with E-state index < -0.39 is 0 Å². The van der Waals surface area contributed by atoms with Gasteiger partial charge in [0.1, 0.15) is 6.10 Å². The molecule has 0 saturated carbocycles. The minimum atomic E-state index is -0.140. The Labute approximate surface area is 143 Å². The second kappa shape index (κ2) is 10.2. The predicted octanol–water partition coefficient (Wildman–Crippen LogP) is 4.84. The Hall–Kier alpha value is -1.65. The van der Waals surface area contributed by atoms with Crippen LogP contribution < -0.4 is 4.74 Å². The molecular formula is C18H25ClN2O2. The number of hydrogen-bond donors (Lipinski definition) is 0. The summed E-state index contributed by atoms with van der Waals surface area (Å²) < 4.78 is 11.6. The molecule has 0 bridgehead atoms. The van der Waals surface area contributed by atoms with Gasteiger partial charge < -0.3 is 9.47 Å². The molecule has 0 radical (unpaired) electrons. The summed E-state index contributed by atoms with van der Waals surface area (Å²) in [7, 11) is 0. The summed E-state index contributed by atoms with van der Waals surface area (Å²) in [6.07, 6.45) is 1.43. The summed E-state index contributed by atoms with van der Waals surface area (Å²) in [5.41, 5.74) is 1.99. The van der Waals surface area contributed by atoms with Crippen molar-refractivity contribution in [3.8, 4) is 5.88 Å². The lowest BCUT2D eigenvalue weighted by Gasteiger charge is -2.22. The first-order chi connectivity index (χ1) is 11.1. The highest BCUT2D eigenvalue weighted by molar-refractivity contribution is 6.28. The quantitative estimate of drug-likeness (QED) is 0.708. The first-order valence-corrected chi connectivity index (χ1v) is 8.25. The maximum Gasteiger partial charge on any atom is 0.225 e. The number of rotatable bonds is 6. The Morgan fingerprint density at radius 1 is 1.09 bits per heavy atom. The molecule has 2 rings (SSSR count). The largest absolute Gasteiger partial charge is 0.472 e. The van der Waals surface area contributed by atoms with Crippen molar-refractivity contribution in [3.63, 3.8) is 0 Å². The molecule has 0 fully saturated rings. The second-order valence-electron chi connectivity index (χ2n) is 4.95. The minimum absolute atomic E-state index is 0.0710. The first-order valence-electron chi connectivity index (χ1n) is 7.87. The molecule has 1 aromatic heterocycles. The molecule has 2 atom stereocenters. The third kappa shape index (κ3) is 6.55. The van der Waals surface area contributed by atoms with Gasteiger partial charge in [0.15, 0.2) is 0 Å². The van der Waals surface area contributed by atoms with Crippen LogP contribution >= 0.6 is 11.6 Å². The molecule has 0 amide bonds. The molecule has 0 unspecified atom stereocenters. The lowest BCUT2D eigenvalue weighted by atomic mass is 10.2. The summed E-state index contributed by atoms with van der Waals surface area (Å²) in [5, 5.41) is 0.181. The normalized spacial score (nSPS) is 12.8. The summed E-state index contributed by atoms with van der Waals surface area (Å²) >= 11 is 5.79. The van der Waals surface area contributed by atoms with E-state index in [0.29, 0.717) is 12.5 Å². The number of aromatic nitrogens is 2. The van der Waals surface area contributed by atoms with Gasteiger partial charge in [0.2, 0.25) is 11.2 Å². The van der Waals surface area contributed by atoms with Crippen molar-refractivity contribution < 1.29 is 9.47 Å². The number of hydrogen-bond acceptors (Lipinski definition) is 4. The molecule has 126 valence electrons. The first kappa shape index (κ1) is 19.4. The van der Waals surface area contributed by atoms with Gasteiger partial charge in [0.25, 0.3) is 0 Å². The van der Waals surface area contributed by atoms with Crippen molar-refractivity contribution in [3.05, 3.63) is 52.9 Å². The molecule has 2 aromatic rings. The fraction of sp³-hybridized carbons (Fsp3) is 0.444. The number of benzene rings is 1. The highest BCUT2D eigenvalue weighted by atomic mass is 35.5. The van der Waals surface area contributed by atoms with Crippen LogP contribution in [0.5, 0.6) is 5.88 Å². The summed E-state index contributed by atoms with van der Waals surface area (Å²) in [5.74, 6) is 0.498. The topological polar surface area (TPSA) is 44.2 Å². The highest BCUT2D eigenvalue weighted by Crippen LogP contribution is 2.18. The molecule has 0 aliphatic carbocycles. The van der Waals surface area contributed by atoms with Crippen LogP contribution in [0.2, 0.25) is 5.28 Å². The molecule has 5 heteroatoms. The maximum absolute atomic E-state index is 5.83. The smallest absolute Gasteiger partial charge is 0.225 e. The van der Waals surface area contributed by atoms with Crippen LogP contribution in [-0.2, 0) is 11.3 Å². The lowest BCUT2D eigenvalue weighted by molar-refractivity contribution is -0.0181. The van der Waals surface area contributed by atoms with Crippen molar-refractivity contribution in [2.24, 2.45) is 0 Å². The van der Waals surface area contributed by atoms with Crippen molar-refractivity contribution >= 4 is 11.6 Å². The van der Waals surface area contributed by atoms with E-state index in [-0.39, 0.29) is 17.5 Å². The van der Waals surface area contributed by atoms with E-state index in [4.69, 9.17) is 21.1 Å². The summed E-state index contributed by atoms with van der Waals surface area (Å²) in [4.78, 5) is 8.00. The second-order valence-corrected chi connectivity index (χ2v) is 5.29. The molecule has 0 saturated heterocycles. The van der Waals surface area contributed by atoms with Gasteiger partial charge >= 0.3 is 0 Å². The van der Waals surface area contributed by atoms with Crippen LogP contribution in [0.3, 0.4) is 0 Å². The van der Waals surface area contributed by atoms with Gasteiger partial charge in [-0.1, -0.05) is 44.2 Å². The summed E-state index contributed by atoms with van der Waals surface area (Å²) in [6.45, 7) is 10.4. The van der Waals surface area contributed by atoms with Gasteiger partial charge in [0, 0.05) is 11.8 Å². The van der Waals surface area contributed by atoms with Gasteiger partial charge in [-0.05, 0) is 37.9 Å². The molecule has 4 nitrogen and oxygen atoms in total. The average molecular weight is 337 g/mol. The van der Waals surface area contributed by atoms with Crippen molar-refractivity contribution in [1.29, 1.82) is 0 Å². The minimum Gasteiger partial charge on any atom is -0.472 e. The summed E-state index contributed by atoms with van der Waals surface area (Å²) in [6, 6.07) is 10.0. The standard InChI is InChI=1S/C16H19ClN2O2.C2H6/c1-11-9-18-16(17)19-15(11)21-13(3)12(2)20-10-14-7-5-4-6-8-14;1-2/h4-9,12-13H,10H2,1-3H3;1-2H3/t12-,13-;/m1./s1. The monoisotopic (exact) mass is 336 g/mol. The van der Waals surface area contributed by atoms with Crippen molar-refractivity contribution in [1.82, 2.24) is 9.97 Å². The molecule has 23 heavy (non-hydrogen) atoms. The van der Waals surface area contributed by atoms with E-state index in [0.717, 1.165) is 11.1 Å². The molecule has 0 N–H and O–H groups in total.